The van der Waals surface area contributed by atoms with Crippen LogP contribution in [0.15, 0.2) is 22.2 Å². The number of rotatable bonds is 7. The molecule has 1 unspecified atom stereocenters. The lowest BCUT2D eigenvalue weighted by Gasteiger charge is -2.13. The SMILES string of the molecule is COC(CNC(=O)c1csc(-c2ccsc2)n1)CC(=O)O. The van der Waals surface area contributed by atoms with Crippen molar-refractivity contribution in [3.63, 3.8) is 0 Å². The third-order valence-electron chi connectivity index (χ3n) is 2.73. The maximum atomic E-state index is 12.0. The predicted molar refractivity (Wildman–Crippen MR) is 80.8 cm³/mol. The number of carboxylic acid groups (broad SMARTS) is 1. The molecule has 2 aromatic heterocycles. The third kappa shape index (κ3) is 4.35. The highest BCUT2D eigenvalue weighted by Crippen LogP contribution is 2.25. The van der Waals surface area contributed by atoms with Crippen LogP contribution < -0.4 is 5.32 Å². The Kier molecular flexibility index (Phi) is 5.43. The van der Waals surface area contributed by atoms with E-state index in [-0.39, 0.29) is 18.9 Å². The van der Waals surface area contributed by atoms with Crippen LogP contribution in [-0.2, 0) is 9.53 Å². The molecule has 2 rings (SSSR count). The van der Waals surface area contributed by atoms with Crippen molar-refractivity contribution in [2.24, 2.45) is 0 Å². The number of thiophene rings is 1. The van der Waals surface area contributed by atoms with Gasteiger partial charge in [-0.25, -0.2) is 4.98 Å². The van der Waals surface area contributed by atoms with Crippen LogP contribution in [0.25, 0.3) is 10.6 Å². The van der Waals surface area contributed by atoms with Crippen molar-refractivity contribution in [3.8, 4) is 10.6 Å². The average Bonchev–Trinajstić information content (AvgIpc) is 3.12. The Labute approximate surface area is 129 Å². The molecule has 8 heteroatoms. The van der Waals surface area contributed by atoms with Crippen molar-refractivity contribution in [2.75, 3.05) is 13.7 Å². The van der Waals surface area contributed by atoms with Crippen molar-refractivity contribution >= 4 is 34.6 Å². The Morgan fingerprint density at radius 3 is 2.90 bits per heavy atom. The van der Waals surface area contributed by atoms with Crippen LogP contribution >= 0.6 is 22.7 Å². The van der Waals surface area contributed by atoms with E-state index in [0.29, 0.717) is 5.69 Å². The quantitative estimate of drug-likeness (QED) is 0.813. The molecule has 2 heterocycles. The summed E-state index contributed by atoms with van der Waals surface area (Å²) in [6.45, 7) is 0.132. The number of carbonyl (C=O) groups excluding carboxylic acids is 1. The molecule has 21 heavy (non-hydrogen) atoms. The fourth-order valence-corrected chi connectivity index (χ4v) is 3.14. The molecule has 0 aliphatic carbocycles. The first-order valence-corrected chi connectivity index (χ1v) is 7.93. The molecule has 0 aliphatic rings. The Bertz CT molecular complexity index is 609. The highest BCUT2D eigenvalue weighted by Gasteiger charge is 2.16. The fraction of sp³-hybridized carbons (Fsp3) is 0.308. The minimum Gasteiger partial charge on any atom is -0.481 e. The number of nitrogens with one attached hydrogen (secondary N) is 1. The highest BCUT2D eigenvalue weighted by atomic mass is 32.1. The second kappa shape index (κ2) is 7.30. The second-order valence-corrected chi connectivity index (χ2v) is 5.85. The van der Waals surface area contributed by atoms with Crippen molar-refractivity contribution in [1.82, 2.24) is 10.3 Å². The number of aromatic nitrogens is 1. The number of ether oxygens (including phenoxy) is 1. The normalized spacial score (nSPS) is 12.0. The van der Waals surface area contributed by atoms with E-state index in [1.54, 1.807) is 16.7 Å². The molecule has 0 bridgehead atoms. The number of thiazole rings is 1. The molecule has 0 fully saturated rings. The van der Waals surface area contributed by atoms with Gasteiger partial charge in [-0.05, 0) is 11.4 Å². The number of nitrogens with zero attached hydrogens (tertiary/aromatic N) is 1. The zero-order valence-corrected chi connectivity index (χ0v) is 12.9. The zero-order chi connectivity index (χ0) is 15.2. The lowest BCUT2D eigenvalue weighted by molar-refractivity contribution is -0.139. The Morgan fingerprint density at radius 2 is 2.29 bits per heavy atom. The maximum Gasteiger partial charge on any atom is 0.306 e. The van der Waals surface area contributed by atoms with Gasteiger partial charge in [-0.3, -0.25) is 9.59 Å². The van der Waals surface area contributed by atoms with Crippen molar-refractivity contribution < 1.29 is 19.4 Å². The number of aliphatic carboxylic acids is 1. The first-order chi connectivity index (χ1) is 10.1. The van der Waals surface area contributed by atoms with Crippen LogP contribution in [0.5, 0.6) is 0 Å². The molecule has 0 spiro atoms. The number of carboxylic acids is 1. The monoisotopic (exact) mass is 326 g/mol. The van der Waals surface area contributed by atoms with Crippen molar-refractivity contribution in [2.45, 2.75) is 12.5 Å². The summed E-state index contributed by atoms with van der Waals surface area (Å²) in [5, 5.41) is 17.7. The zero-order valence-electron chi connectivity index (χ0n) is 11.2. The molecule has 1 amide bonds. The molecule has 0 aromatic carbocycles. The Balaban J connectivity index is 1.93. The summed E-state index contributed by atoms with van der Waals surface area (Å²) in [6.07, 6.45) is -0.713. The maximum absolute atomic E-state index is 12.0. The lowest BCUT2D eigenvalue weighted by Crippen LogP contribution is -2.34. The first kappa shape index (κ1) is 15.6. The standard InChI is InChI=1S/C13H14N2O4S2/c1-19-9(4-11(16)17)5-14-12(18)10-7-21-13(15-10)8-2-3-20-6-8/h2-3,6-7,9H,4-5H2,1H3,(H,14,18)(H,16,17). The van der Waals surface area contributed by atoms with Gasteiger partial charge in [-0.1, -0.05) is 0 Å². The molecule has 0 radical (unpaired) electrons. The van der Waals surface area contributed by atoms with E-state index in [9.17, 15) is 9.59 Å². The summed E-state index contributed by atoms with van der Waals surface area (Å²) in [5.41, 5.74) is 1.32. The largest absolute Gasteiger partial charge is 0.481 e. The molecule has 0 aliphatic heterocycles. The van der Waals surface area contributed by atoms with E-state index in [1.807, 2.05) is 16.8 Å². The summed E-state index contributed by atoms with van der Waals surface area (Å²) in [4.78, 5) is 26.9. The summed E-state index contributed by atoms with van der Waals surface area (Å²) >= 11 is 2.96. The van der Waals surface area contributed by atoms with Gasteiger partial charge in [0.1, 0.15) is 10.7 Å². The van der Waals surface area contributed by atoms with Gasteiger partial charge in [0.15, 0.2) is 0 Å². The highest BCUT2D eigenvalue weighted by molar-refractivity contribution is 7.14. The molecule has 6 nitrogen and oxygen atoms in total. The first-order valence-electron chi connectivity index (χ1n) is 6.11. The number of hydrogen-bond acceptors (Lipinski definition) is 6. The summed E-state index contributed by atoms with van der Waals surface area (Å²) in [7, 11) is 1.41. The summed E-state index contributed by atoms with van der Waals surface area (Å²) < 4.78 is 5.00. The van der Waals surface area contributed by atoms with Crippen LogP contribution in [0.2, 0.25) is 0 Å². The van der Waals surface area contributed by atoms with Gasteiger partial charge in [-0.15, -0.1) is 11.3 Å². The van der Waals surface area contributed by atoms with Crippen molar-refractivity contribution in [1.29, 1.82) is 0 Å². The van der Waals surface area contributed by atoms with Crippen LogP contribution in [0.3, 0.4) is 0 Å². The van der Waals surface area contributed by atoms with E-state index in [2.05, 4.69) is 10.3 Å². The van der Waals surface area contributed by atoms with Crippen LogP contribution in [0.1, 0.15) is 16.9 Å². The van der Waals surface area contributed by atoms with Gasteiger partial charge in [0.25, 0.3) is 5.91 Å². The predicted octanol–water partition coefficient (Wildman–Crippen LogP) is 2.09. The van der Waals surface area contributed by atoms with Gasteiger partial charge in [0.2, 0.25) is 0 Å². The smallest absolute Gasteiger partial charge is 0.306 e. The number of methoxy groups -OCH3 is 1. The second-order valence-electron chi connectivity index (χ2n) is 4.22. The van der Waals surface area contributed by atoms with Gasteiger partial charge >= 0.3 is 5.97 Å². The Morgan fingerprint density at radius 1 is 1.48 bits per heavy atom. The van der Waals surface area contributed by atoms with Gasteiger partial charge in [0.05, 0.1) is 12.5 Å². The molecular formula is C13H14N2O4S2. The lowest BCUT2D eigenvalue weighted by atomic mass is 10.2. The van der Waals surface area contributed by atoms with Gasteiger partial charge in [0, 0.05) is 30.0 Å². The van der Waals surface area contributed by atoms with E-state index in [1.165, 1.54) is 18.4 Å². The average molecular weight is 326 g/mol. The minimum atomic E-state index is -0.968. The molecule has 2 N–H and O–H groups in total. The number of carbonyl (C=O) groups is 2. The van der Waals surface area contributed by atoms with Gasteiger partial charge in [-0.2, -0.15) is 11.3 Å². The minimum absolute atomic E-state index is 0.132. The summed E-state index contributed by atoms with van der Waals surface area (Å²) in [6, 6.07) is 1.94. The van der Waals surface area contributed by atoms with Crippen LogP contribution in [-0.4, -0.2) is 41.7 Å². The molecule has 0 saturated carbocycles. The summed E-state index contributed by atoms with van der Waals surface area (Å²) in [5.74, 6) is -1.30. The van der Waals surface area contributed by atoms with E-state index >= 15 is 0 Å². The molecule has 112 valence electrons. The Hall–Kier alpha value is -1.77. The third-order valence-corrected chi connectivity index (χ3v) is 4.31. The molecule has 2 aromatic rings. The molecular weight excluding hydrogens is 312 g/mol. The molecule has 0 saturated heterocycles. The number of hydrogen-bond donors (Lipinski definition) is 2. The molecule has 1 atom stereocenters. The van der Waals surface area contributed by atoms with Crippen LogP contribution in [0, 0.1) is 0 Å². The van der Waals surface area contributed by atoms with Crippen molar-refractivity contribution in [3.05, 3.63) is 27.9 Å². The topological polar surface area (TPSA) is 88.5 Å². The number of amides is 1. The van der Waals surface area contributed by atoms with Gasteiger partial charge < -0.3 is 15.2 Å². The van der Waals surface area contributed by atoms with Crippen LogP contribution in [0.4, 0.5) is 0 Å². The fourth-order valence-electron chi connectivity index (χ4n) is 1.63. The van der Waals surface area contributed by atoms with E-state index in [4.69, 9.17) is 9.84 Å². The van der Waals surface area contributed by atoms with E-state index < -0.39 is 12.1 Å². The van der Waals surface area contributed by atoms with E-state index in [0.717, 1.165) is 10.6 Å².